The van der Waals surface area contributed by atoms with Gasteiger partial charge in [-0.1, -0.05) is 0 Å². The summed E-state index contributed by atoms with van der Waals surface area (Å²) >= 11 is 4.14. The molecule has 0 spiro atoms. The van der Waals surface area contributed by atoms with Crippen LogP contribution in [0.25, 0.3) is 0 Å². The average molecular weight is 200 g/mol. The van der Waals surface area contributed by atoms with Gasteiger partial charge in [0.05, 0.1) is 6.26 Å². The molecule has 2 rings (SSSR count). The fourth-order valence-corrected chi connectivity index (χ4v) is 4.00. The molecule has 0 bridgehead atoms. The lowest BCUT2D eigenvalue weighted by Gasteiger charge is -2.19. The average Bonchev–Trinajstić information content (AvgIpc) is 2.59. The van der Waals surface area contributed by atoms with Crippen molar-refractivity contribution in [1.29, 1.82) is 0 Å². The molecule has 3 heteroatoms. The molecule has 1 aromatic heterocycles. The van der Waals surface area contributed by atoms with E-state index in [-0.39, 0.29) is 0 Å². The van der Waals surface area contributed by atoms with Gasteiger partial charge in [0.1, 0.15) is 5.76 Å². The van der Waals surface area contributed by atoms with Crippen LogP contribution < -0.4 is 0 Å². The van der Waals surface area contributed by atoms with Crippen LogP contribution in [-0.2, 0) is 6.42 Å². The zero-order chi connectivity index (χ0) is 8.23. The van der Waals surface area contributed by atoms with Gasteiger partial charge in [0, 0.05) is 28.9 Å². The SMILES string of the molecule is c1coc(CC2CSCCS2)c1. The first kappa shape index (κ1) is 8.57. The zero-order valence-electron chi connectivity index (χ0n) is 6.86. The third-order valence-electron chi connectivity index (χ3n) is 1.89. The van der Waals surface area contributed by atoms with Crippen molar-refractivity contribution in [3.05, 3.63) is 24.2 Å². The first-order valence-corrected chi connectivity index (χ1v) is 6.37. The van der Waals surface area contributed by atoms with E-state index < -0.39 is 0 Å². The molecule has 1 aliphatic heterocycles. The number of thioether (sulfide) groups is 2. The maximum atomic E-state index is 5.31. The summed E-state index contributed by atoms with van der Waals surface area (Å²) < 4.78 is 5.31. The summed E-state index contributed by atoms with van der Waals surface area (Å²) in [6.45, 7) is 0. The van der Waals surface area contributed by atoms with Gasteiger partial charge in [0.25, 0.3) is 0 Å². The Bertz CT molecular complexity index is 214. The third-order valence-corrected chi connectivity index (χ3v) is 4.74. The summed E-state index contributed by atoms with van der Waals surface area (Å²) in [5.74, 6) is 5.04. The molecular weight excluding hydrogens is 188 g/mol. The highest BCUT2D eigenvalue weighted by atomic mass is 32.2. The van der Waals surface area contributed by atoms with Crippen molar-refractivity contribution in [2.45, 2.75) is 11.7 Å². The molecule has 0 aromatic carbocycles. The molecule has 0 saturated carbocycles. The molecule has 1 fully saturated rings. The minimum Gasteiger partial charge on any atom is -0.469 e. The van der Waals surface area contributed by atoms with E-state index in [0.29, 0.717) is 0 Å². The van der Waals surface area contributed by atoms with Crippen molar-refractivity contribution < 1.29 is 4.42 Å². The first-order valence-electron chi connectivity index (χ1n) is 4.17. The topological polar surface area (TPSA) is 13.1 Å². The number of hydrogen-bond acceptors (Lipinski definition) is 3. The number of furan rings is 1. The van der Waals surface area contributed by atoms with Gasteiger partial charge >= 0.3 is 0 Å². The number of hydrogen-bond donors (Lipinski definition) is 0. The van der Waals surface area contributed by atoms with Crippen molar-refractivity contribution in [1.82, 2.24) is 0 Å². The smallest absolute Gasteiger partial charge is 0.104 e. The highest BCUT2D eigenvalue weighted by molar-refractivity contribution is 8.06. The summed E-state index contributed by atoms with van der Waals surface area (Å²) in [6, 6.07) is 4.04. The second-order valence-corrected chi connectivity index (χ2v) is 5.41. The highest BCUT2D eigenvalue weighted by Crippen LogP contribution is 2.26. The van der Waals surface area contributed by atoms with E-state index in [1.807, 2.05) is 6.07 Å². The van der Waals surface area contributed by atoms with Crippen LogP contribution in [0.2, 0.25) is 0 Å². The summed E-state index contributed by atoms with van der Waals surface area (Å²) in [6.07, 6.45) is 2.86. The minimum atomic E-state index is 0.773. The maximum Gasteiger partial charge on any atom is 0.104 e. The molecule has 0 N–H and O–H groups in total. The Morgan fingerprint density at radius 3 is 3.17 bits per heavy atom. The van der Waals surface area contributed by atoms with Crippen molar-refractivity contribution in [3.63, 3.8) is 0 Å². The molecule has 1 aromatic rings. The van der Waals surface area contributed by atoms with Crippen LogP contribution in [0, 0.1) is 0 Å². The molecule has 1 atom stereocenters. The summed E-state index contributed by atoms with van der Waals surface area (Å²) in [7, 11) is 0. The van der Waals surface area contributed by atoms with Crippen LogP contribution in [-0.4, -0.2) is 22.5 Å². The summed E-state index contributed by atoms with van der Waals surface area (Å²) in [4.78, 5) is 0. The fraction of sp³-hybridized carbons (Fsp3) is 0.556. The van der Waals surface area contributed by atoms with E-state index in [4.69, 9.17) is 4.42 Å². The molecule has 66 valence electrons. The van der Waals surface area contributed by atoms with Crippen LogP contribution in [0.1, 0.15) is 5.76 Å². The van der Waals surface area contributed by atoms with E-state index in [9.17, 15) is 0 Å². The minimum absolute atomic E-state index is 0.773. The molecule has 1 saturated heterocycles. The van der Waals surface area contributed by atoms with Crippen molar-refractivity contribution in [2.75, 3.05) is 17.3 Å². The van der Waals surface area contributed by atoms with E-state index >= 15 is 0 Å². The molecule has 1 aliphatic rings. The predicted octanol–water partition coefficient (Wildman–Crippen LogP) is 2.67. The fourth-order valence-electron chi connectivity index (χ4n) is 1.31. The zero-order valence-corrected chi connectivity index (χ0v) is 8.50. The van der Waals surface area contributed by atoms with Gasteiger partial charge in [-0.2, -0.15) is 23.5 Å². The molecule has 0 amide bonds. The van der Waals surface area contributed by atoms with Gasteiger partial charge in [-0.15, -0.1) is 0 Å². The monoisotopic (exact) mass is 200 g/mol. The molecule has 0 aliphatic carbocycles. The van der Waals surface area contributed by atoms with E-state index in [1.54, 1.807) is 6.26 Å². The van der Waals surface area contributed by atoms with Crippen molar-refractivity contribution in [3.8, 4) is 0 Å². The lowest BCUT2D eigenvalue weighted by Crippen LogP contribution is -2.16. The van der Waals surface area contributed by atoms with Crippen LogP contribution >= 0.6 is 23.5 Å². The first-order chi connectivity index (χ1) is 5.95. The van der Waals surface area contributed by atoms with Crippen molar-refractivity contribution >= 4 is 23.5 Å². The van der Waals surface area contributed by atoms with E-state index in [0.717, 1.165) is 17.4 Å². The quantitative estimate of drug-likeness (QED) is 0.728. The number of rotatable bonds is 2. The summed E-state index contributed by atoms with van der Waals surface area (Å²) in [5.41, 5.74) is 0. The largest absolute Gasteiger partial charge is 0.469 e. The van der Waals surface area contributed by atoms with Crippen LogP contribution in [0.3, 0.4) is 0 Å². The second kappa shape index (κ2) is 4.28. The maximum absolute atomic E-state index is 5.31. The second-order valence-electron chi connectivity index (χ2n) is 2.85. The molecule has 1 unspecified atom stereocenters. The molecule has 2 heterocycles. The van der Waals surface area contributed by atoms with Gasteiger partial charge in [-0.05, 0) is 12.1 Å². The molecule has 12 heavy (non-hydrogen) atoms. The Kier molecular flexibility index (Phi) is 3.06. The Balaban J connectivity index is 1.86. The molecule has 1 nitrogen and oxygen atoms in total. The normalized spacial score (nSPS) is 24.2. The third kappa shape index (κ3) is 2.23. The lowest BCUT2D eigenvalue weighted by atomic mass is 10.3. The van der Waals surface area contributed by atoms with Crippen molar-refractivity contribution in [2.24, 2.45) is 0 Å². The Morgan fingerprint density at radius 1 is 1.50 bits per heavy atom. The van der Waals surface area contributed by atoms with Crippen LogP contribution in [0.5, 0.6) is 0 Å². The van der Waals surface area contributed by atoms with Gasteiger partial charge in [-0.3, -0.25) is 0 Å². The van der Waals surface area contributed by atoms with E-state index in [1.165, 1.54) is 17.3 Å². The molecule has 0 radical (unpaired) electrons. The highest BCUT2D eigenvalue weighted by Gasteiger charge is 2.15. The van der Waals surface area contributed by atoms with Gasteiger partial charge < -0.3 is 4.42 Å². The van der Waals surface area contributed by atoms with Crippen LogP contribution in [0.15, 0.2) is 22.8 Å². The van der Waals surface area contributed by atoms with Gasteiger partial charge in [0.15, 0.2) is 0 Å². The Labute approximate surface area is 81.3 Å². The van der Waals surface area contributed by atoms with Crippen LogP contribution in [0.4, 0.5) is 0 Å². The lowest BCUT2D eigenvalue weighted by molar-refractivity contribution is 0.509. The van der Waals surface area contributed by atoms with Gasteiger partial charge in [0.2, 0.25) is 0 Å². The Hall–Kier alpha value is -0.0200. The van der Waals surface area contributed by atoms with Gasteiger partial charge in [-0.25, -0.2) is 0 Å². The van der Waals surface area contributed by atoms with E-state index in [2.05, 4.69) is 29.6 Å². The predicted molar refractivity (Wildman–Crippen MR) is 56.0 cm³/mol. The molecular formula is C9H12OS2. The summed E-state index contributed by atoms with van der Waals surface area (Å²) in [5, 5.41) is 0.773. The standard InChI is InChI=1S/C9H12OS2/c1-2-8(10-3-1)6-9-7-11-4-5-12-9/h1-3,9H,4-7H2. The Morgan fingerprint density at radius 2 is 2.50 bits per heavy atom.